The summed E-state index contributed by atoms with van der Waals surface area (Å²) in [6, 6.07) is 5.30. The summed E-state index contributed by atoms with van der Waals surface area (Å²) in [6.07, 6.45) is 0. The van der Waals surface area contributed by atoms with Gasteiger partial charge in [0.1, 0.15) is 0 Å². The van der Waals surface area contributed by atoms with Crippen LogP contribution in [0.2, 0.25) is 0 Å². The number of ether oxygens (including phenoxy) is 3. The summed E-state index contributed by atoms with van der Waals surface area (Å²) >= 11 is 0. The van der Waals surface area contributed by atoms with Gasteiger partial charge >= 0.3 is 5.97 Å². The molecular formula is C14H22N2O4. The number of hydrogen-bond donors (Lipinski definition) is 1. The van der Waals surface area contributed by atoms with Crippen molar-refractivity contribution in [2.24, 2.45) is 0 Å². The molecule has 6 nitrogen and oxygen atoms in total. The lowest BCUT2D eigenvalue weighted by Crippen LogP contribution is -2.31. The minimum Gasteiger partial charge on any atom is -0.465 e. The molecule has 1 aromatic rings. The molecule has 1 aromatic carbocycles. The number of nitrogens with zero attached hydrogens (tertiary/aromatic N) is 1. The molecule has 0 amide bonds. The van der Waals surface area contributed by atoms with E-state index >= 15 is 0 Å². The zero-order valence-corrected chi connectivity index (χ0v) is 12.2. The third kappa shape index (κ3) is 4.11. The number of nitrogen functional groups attached to an aromatic ring is 1. The first-order chi connectivity index (χ1) is 9.65. The summed E-state index contributed by atoms with van der Waals surface area (Å²) in [5.74, 6) is -0.442. The lowest BCUT2D eigenvalue weighted by molar-refractivity contribution is 0.0602. The molecule has 0 unspecified atom stereocenters. The van der Waals surface area contributed by atoms with Crippen molar-refractivity contribution in [2.75, 3.05) is 58.3 Å². The molecule has 0 aliphatic heterocycles. The van der Waals surface area contributed by atoms with Crippen LogP contribution in [0.15, 0.2) is 18.2 Å². The van der Waals surface area contributed by atoms with Crippen molar-refractivity contribution in [2.45, 2.75) is 0 Å². The normalized spacial score (nSPS) is 10.3. The van der Waals surface area contributed by atoms with Crippen LogP contribution in [0, 0.1) is 0 Å². The monoisotopic (exact) mass is 282 g/mol. The maximum atomic E-state index is 11.7. The Kier molecular flexibility index (Phi) is 6.83. The molecule has 0 aliphatic rings. The number of para-hydroxylation sites is 1. The summed E-state index contributed by atoms with van der Waals surface area (Å²) < 4.78 is 14.9. The molecule has 0 aliphatic carbocycles. The number of hydrogen-bond acceptors (Lipinski definition) is 6. The number of carbonyl (C=O) groups is 1. The molecule has 0 bridgehead atoms. The van der Waals surface area contributed by atoms with Crippen LogP contribution >= 0.6 is 0 Å². The molecule has 6 heteroatoms. The molecule has 0 saturated heterocycles. The van der Waals surface area contributed by atoms with Crippen molar-refractivity contribution in [1.29, 1.82) is 0 Å². The fourth-order valence-electron chi connectivity index (χ4n) is 1.87. The number of carbonyl (C=O) groups excluding carboxylic acids is 1. The molecule has 20 heavy (non-hydrogen) atoms. The fraction of sp³-hybridized carbons (Fsp3) is 0.500. The zero-order chi connectivity index (χ0) is 15.0. The summed E-state index contributed by atoms with van der Waals surface area (Å²) in [7, 11) is 4.62. The Morgan fingerprint density at radius 3 is 2.25 bits per heavy atom. The highest BCUT2D eigenvalue weighted by molar-refractivity contribution is 5.98. The van der Waals surface area contributed by atoms with Crippen LogP contribution < -0.4 is 10.6 Å². The van der Waals surface area contributed by atoms with Crippen LogP contribution in [0.5, 0.6) is 0 Å². The van der Waals surface area contributed by atoms with Gasteiger partial charge in [-0.25, -0.2) is 4.79 Å². The summed E-state index contributed by atoms with van der Waals surface area (Å²) in [5.41, 5.74) is 7.63. The topological polar surface area (TPSA) is 74.0 Å². The number of anilines is 2. The molecule has 0 spiro atoms. The third-order valence-corrected chi connectivity index (χ3v) is 2.96. The van der Waals surface area contributed by atoms with E-state index in [4.69, 9.17) is 19.9 Å². The van der Waals surface area contributed by atoms with Gasteiger partial charge in [0.2, 0.25) is 0 Å². The van der Waals surface area contributed by atoms with Crippen LogP contribution in [0.1, 0.15) is 10.4 Å². The highest BCUT2D eigenvalue weighted by Gasteiger charge is 2.16. The highest BCUT2D eigenvalue weighted by atomic mass is 16.5. The zero-order valence-electron chi connectivity index (χ0n) is 12.2. The molecule has 112 valence electrons. The summed E-state index contributed by atoms with van der Waals surface area (Å²) in [5, 5.41) is 0. The van der Waals surface area contributed by atoms with E-state index in [1.807, 2.05) is 11.0 Å². The summed E-state index contributed by atoms with van der Waals surface area (Å²) in [4.78, 5) is 13.7. The van der Waals surface area contributed by atoms with E-state index in [1.54, 1.807) is 26.4 Å². The number of esters is 1. The predicted octanol–water partition coefficient (Wildman–Crippen LogP) is 1.15. The molecule has 0 radical (unpaired) electrons. The second-order valence-corrected chi connectivity index (χ2v) is 4.20. The molecule has 1 rings (SSSR count). The van der Waals surface area contributed by atoms with E-state index in [-0.39, 0.29) is 0 Å². The molecular weight excluding hydrogens is 260 g/mol. The second kappa shape index (κ2) is 8.39. The van der Waals surface area contributed by atoms with Crippen molar-refractivity contribution < 1.29 is 19.0 Å². The molecule has 0 fully saturated rings. The SMILES string of the molecule is COCCN(CCOC)c1cccc(C(=O)OC)c1N. The standard InChI is InChI=1S/C14H22N2O4/c1-18-9-7-16(8-10-19-2)12-6-4-5-11(13(12)15)14(17)20-3/h4-6H,7-10,15H2,1-3H3. The van der Waals surface area contributed by atoms with Crippen LogP contribution in [0.4, 0.5) is 11.4 Å². The van der Waals surface area contributed by atoms with Gasteiger partial charge in [0, 0.05) is 27.3 Å². The third-order valence-electron chi connectivity index (χ3n) is 2.96. The minimum atomic E-state index is -0.442. The van der Waals surface area contributed by atoms with E-state index in [9.17, 15) is 4.79 Å². The van der Waals surface area contributed by atoms with Crippen molar-refractivity contribution in [3.8, 4) is 0 Å². The Hall–Kier alpha value is -1.79. The molecule has 0 heterocycles. The van der Waals surface area contributed by atoms with Gasteiger partial charge in [-0.15, -0.1) is 0 Å². The Labute approximate surface area is 119 Å². The van der Waals surface area contributed by atoms with Gasteiger partial charge in [-0.1, -0.05) is 6.07 Å². The Balaban J connectivity index is 3.02. The van der Waals surface area contributed by atoms with Crippen LogP contribution in [-0.2, 0) is 14.2 Å². The van der Waals surface area contributed by atoms with E-state index in [0.717, 1.165) is 5.69 Å². The van der Waals surface area contributed by atoms with E-state index in [2.05, 4.69) is 0 Å². The maximum absolute atomic E-state index is 11.7. The average Bonchev–Trinajstić information content (AvgIpc) is 2.47. The average molecular weight is 282 g/mol. The Morgan fingerprint density at radius 1 is 1.15 bits per heavy atom. The number of nitrogens with two attached hydrogens (primary N) is 1. The van der Waals surface area contributed by atoms with E-state index in [0.29, 0.717) is 37.6 Å². The Morgan fingerprint density at radius 2 is 1.75 bits per heavy atom. The van der Waals surface area contributed by atoms with Gasteiger partial charge in [0.15, 0.2) is 0 Å². The molecule has 0 aromatic heterocycles. The largest absolute Gasteiger partial charge is 0.465 e. The molecule has 0 atom stereocenters. The highest BCUT2D eigenvalue weighted by Crippen LogP contribution is 2.27. The van der Waals surface area contributed by atoms with Crippen molar-refractivity contribution >= 4 is 17.3 Å². The van der Waals surface area contributed by atoms with Crippen molar-refractivity contribution in [3.63, 3.8) is 0 Å². The number of rotatable bonds is 8. The maximum Gasteiger partial charge on any atom is 0.340 e. The molecule has 2 N–H and O–H groups in total. The minimum absolute atomic E-state index is 0.366. The fourth-order valence-corrected chi connectivity index (χ4v) is 1.87. The van der Waals surface area contributed by atoms with Gasteiger partial charge in [0.05, 0.1) is 37.3 Å². The van der Waals surface area contributed by atoms with Gasteiger partial charge < -0.3 is 24.8 Å². The van der Waals surface area contributed by atoms with Gasteiger partial charge in [-0.05, 0) is 12.1 Å². The van der Waals surface area contributed by atoms with Crippen LogP contribution in [0.25, 0.3) is 0 Å². The second-order valence-electron chi connectivity index (χ2n) is 4.20. The Bertz CT molecular complexity index is 429. The quantitative estimate of drug-likeness (QED) is 0.569. The number of benzene rings is 1. The first-order valence-corrected chi connectivity index (χ1v) is 6.35. The van der Waals surface area contributed by atoms with Gasteiger partial charge in [0.25, 0.3) is 0 Å². The van der Waals surface area contributed by atoms with E-state index < -0.39 is 5.97 Å². The first kappa shape index (κ1) is 16.3. The van der Waals surface area contributed by atoms with Gasteiger partial charge in [-0.3, -0.25) is 0 Å². The molecule has 0 saturated carbocycles. The van der Waals surface area contributed by atoms with Crippen molar-refractivity contribution in [3.05, 3.63) is 23.8 Å². The van der Waals surface area contributed by atoms with Crippen molar-refractivity contribution in [1.82, 2.24) is 0 Å². The number of methoxy groups -OCH3 is 3. The summed E-state index contributed by atoms with van der Waals surface area (Å²) in [6.45, 7) is 2.45. The first-order valence-electron chi connectivity index (χ1n) is 6.35. The van der Waals surface area contributed by atoms with Crippen LogP contribution in [-0.4, -0.2) is 53.6 Å². The smallest absolute Gasteiger partial charge is 0.340 e. The van der Waals surface area contributed by atoms with Gasteiger partial charge in [-0.2, -0.15) is 0 Å². The lowest BCUT2D eigenvalue weighted by Gasteiger charge is -2.26. The lowest BCUT2D eigenvalue weighted by atomic mass is 10.1. The predicted molar refractivity (Wildman–Crippen MR) is 78.2 cm³/mol. The van der Waals surface area contributed by atoms with Crippen LogP contribution in [0.3, 0.4) is 0 Å². The van der Waals surface area contributed by atoms with E-state index in [1.165, 1.54) is 7.11 Å².